The van der Waals surface area contributed by atoms with Crippen LogP contribution in [0.3, 0.4) is 0 Å². The number of fused-ring (bicyclic) bond motifs is 1. The molecule has 2 atom stereocenters. The summed E-state index contributed by atoms with van der Waals surface area (Å²) < 4.78 is 5.09. The molecule has 2 unspecified atom stereocenters. The molecule has 8 nitrogen and oxygen atoms in total. The van der Waals surface area contributed by atoms with Gasteiger partial charge in [0, 0.05) is 23.9 Å². The number of amides is 4. The third-order valence-electron chi connectivity index (χ3n) is 5.03. The van der Waals surface area contributed by atoms with Crippen molar-refractivity contribution in [2.24, 2.45) is 0 Å². The fourth-order valence-corrected chi connectivity index (χ4v) is 3.65. The first-order chi connectivity index (χ1) is 13.5. The number of methoxy groups -OCH3 is 1. The average molecular weight is 380 g/mol. The van der Waals surface area contributed by atoms with Crippen LogP contribution in [0.25, 0.3) is 11.1 Å². The summed E-state index contributed by atoms with van der Waals surface area (Å²) in [4.78, 5) is 39.2. The number of imide groups is 1. The Bertz CT molecular complexity index is 942. The first-order valence-electron chi connectivity index (χ1n) is 9.05. The van der Waals surface area contributed by atoms with Gasteiger partial charge in [-0.2, -0.15) is 0 Å². The van der Waals surface area contributed by atoms with Crippen molar-refractivity contribution in [1.29, 1.82) is 0 Å². The summed E-state index contributed by atoms with van der Waals surface area (Å²) in [7, 11) is 1.58. The highest BCUT2D eigenvalue weighted by Gasteiger charge is 2.32. The molecule has 4 amide bonds. The molecule has 8 heteroatoms. The lowest BCUT2D eigenvalue weighted by Crippen LogP contribution is -2.40. The number of nitrogens with one attached hydrogen (secondary N) is 3. The second-order valence-electron chi connectivity index (χ2n) is 6.96. The Hall–Kier alpha value is -3.42. The van der Waals surface area contributed by atoms with E-state index in [4.69, 9.17) is 4.74 Å². The Balaban J connectivity index is 1.38. The third-order valence-corrected chi connectivity index (χ3v) is 5.03. The van der Waals surface area contributed by atoms with Gasteiger partial charge in [-0.25, -0.2) is 9.78 Å². The highest BCUT2D eigenvalue weighted by molar-refractivity contribution is 6.05. The van der Waals surface area contributed by atoms with E-state index in [2.05, 4.69) is 33.1 Å². The maximum absolute atomic E-state index is 12.2. The molecule has 2 aromatic rings. The molecule has 144 valence electrons. The van der Waals surface area contributed by atoms with Gasteiger partial charge in [-0.1, -0.05) is 18.2 Å². The van der Waals surface area contributed by atoms with Crippen molar-refractivity contribution in [3.8, 4) is 17.0 Å². The lowest BCUT2D eigenvalue weighted by Gasteiger charge is -2.13. The van der Waals surface area contributed by atoms with Crippen LogP contribution in [0.1, 0.15) is 17.5 Å². The maximum Gasteiger partial charge on any atom is 0.322 e. The summed E-state index contributed by atoms with van der Waals surface area (Å²) in [5.41, 5.74) is 4.44. The van der Waals surface area contributed by atoms with E-state index in [1.165, 1.54) is 11.1 Å². The standard InChI is InChI=1S/C20H20N4O4/c1-28-18-5-4-13(10-21-18)11-2-3-12-7-15(8-14(12)6-11)22-17(25)9-16-19(26)24-20(27)23-16/h2-6,10,15-16H,7-9H2,1H3,(H,22,25)(H2,23,24,26,27). The molecule has 3 N–H and O–H groups in total. The maximum atomic E-state index is 12.2. The molecule has 2 aliphatic rings. The van der Waals surface area contributed by atoms with Crippen LogP contribution >= 0.6 is 0 Å². The number of hydrogen-bond acceptors (Lipinski definition) is 5. The molecule has 1 aliphatic heterocycles. The summed E-state index contributed by atoms with van der Waals surface area (Å²) in [6.45, 7) is 0. The quantitative estimate of drug-likeness (QED) is 0.669. The van der Waals surface area contributed by atoms with Crippen LogP contribution in [-0.2, 0) is 22.4 Å². The number of urea groups is 1. The van der Waals surface area contributed by atoms with Crippen LogP contribution in [0.2, 0.25) is 0 Å². The molecule has 0 bridgehead atoms. The predicted octanol–water partition coefficient (Wildman–Crippen LogP) is 0.939. The normalized spacial score (nSPS) is 20.3. The van der Waals surface area contributed by atoms with Crippen molar-refractivity contribution in [2.75, 3.05) is 7.11 Å². The Morgan fingerprint density at radius 1 is 1.18 bits per heavy atom. The molecule has 28 heavy (non-hydrogen) atoms. The topological polar surface area (TPSA) is 109 Å². The van der Waals surface area contributed by atoms with Crippen LogP contribution in [0, 0.1) is 0 Å². The minimum Gasteiger partial charge on any atom is -0.481 e. The van der Waals surface area contributed by atoms with E-state index < -0.39 is 18.0 Å². The van der Waals surface area contributed by atoms with E-state index in [1.807, 2.05) is 18.2 Å². The lowest BCUT2D eigenvalue weighted by molar-refractivity contribution is -0.126. The monoisotopic (exact) mass is 380 g/mol. The van der Waals surface area contributed by atoms with Crippen molar-refractivity contribution in [2.45, 2.75) is 31.3 Å². The van der Waals surface area contributed by atoms with Crippen LogP contribution in [0.15, 0.2) is 36.5 Å². The zero-order valence-electron chi connectivity index (χ0n) is 15.3. The zero-order chi connectivity index (χ0) is 19.7. The van der Waals surface area contributed by atoms with Crippen LogP contribution < -0.4 is 20.7 Å². The van der Waals surface area contributed by atoms with Crippen molar-refractivity contribution < 1.29 is 19.1 Å². The van der Waals surface area contributed by atoms with Crippen molar-refractivity contribution in [3.63, 3.8) is 0 Å². The second-order valence-corrected chi connectivity index (χ2v) is 6.96. The number of ether oxygens (including phenoxy) is 1. The Morgan fingerprint density at radius 2 is 1.96 bits per heavy atom. The number of nitrogens with zero attached hydrogens (tertiary/aromatic N) is 1. The highest BCUT2D eigenvalue weighted by atomic mass is 16.5. The fourth-order valence-electron chi connectivity index (χ4n) is 3.65. The Morgan fingerprint density at radius 3 is 2.64 bits per heavy atom. The number of hydrogen-bond donors (Lipinski definition) is 3. The molecule has 1 aliphatic carbocycles. The molecule has 1 aromatic carbocycles. The molecule has 0 saturated carbocycles. The molecule has 0 spiro atoms. The minimum absolute atomic E-state index is 0.0214. The van der Waals surface area contributed by atoms with Gasteiger partial charge in [-0.05, 0) is 35.6 Å². The largest absolute Gasteiger partial charge is 0.481 e. The van der Waals surface area contributed by atoms with Crippen molar-refractivity contribution in [1.82, 2.24) is 20.9 Å². The van der Waals surface area contributed by atoms with E-state index in [-0.39, 0.29) is 18.4 Å². The lowest BCUT2D eigenvalue weighted by atomic mass is 10.0. The summed E-state index contributed by atoms with van der Waals surface area (Å²) in [6.07, 6.45) is 3.18. The van der Waals surface area contributed by atoms with E-state index in [0.29, 0.717) is 5.88 Å². The van der Waals surface area contributed by atoms with E-state index in [9.17, 15) is 14.4 Å². The Kier molecular flexibility index (Phi) is 4.68. The van der Waals surface area contributed by atoms with Crippen molar-refractivity contribution in [3.05, 3.63) is 47.7 Å². The molecular formula is C20H20N4O4. The number of benzene rings is 1. The van der Waals surface area contributed by atoms with Gasteiger partial charge >= 0.3 is 6.03 Å². The molecule has 2 heterocycles. The summed E-state index contributed by atoms with van der Waals surface area (Å²) >= 11 is 0. The van der Waals surface area contributed by atoms with Gasteiger partial charge < -0.3 is 15.4 Å². The first kappa shape index (κ1) is 18.0. The molecule has 1 saturated heterocycles. The third kappa shape index (κ3) is 3.66. The highest BCUT2D eigenvalue weighted by Crippen LogP contribution is 2.28. The van der Waals surface area contributed by atoms with Gasteiger partial charge in [0.1, 0.15) is 6.04 Å². The van der Waals surface area contributed by atoms with Crippen LogP contribution in [-0.4, -0.2) is 42.0 Å². The van der Waals surface area contributed by atoms with E-state index >= 15 is 0 Å². The summed E-state index contributed by atoms with van der Waals surface area (Å²) in [5.74, 6) is -0.146. The first-order valence-corrected chi connectivity index (χ1v) is 9.05. The second kappa shape index (κ2) is 7.30. The zero-order valence-corrected chi connectivity index (χ0v) is 15.3. The molecule has 4 rings (SSSR count). The number of aromatic nitrogens is 1. The van der Waals surface area contributed by atoms with E-state index in [0.717, 1.165) is 24.0 Å². The summed E-state index contributed by atoms with van der Waals surface area (Å²) in [5, 5.41) is 7.53. The number of carbonyl (C=O) groups excluding carboxylic acids is 3. The van der Waals surface area contributed by atoms with E-state index in [1.54, 1.807) is 13.3 Å². The molecular weight excluding hydrogens is 360 g/mol. The van der Waals surface area contributed by atoms with Gasteiger partial charge in [0.15, 0.2) is 0 Å². The van der Waals surface area contributed by atoms with Crippen LogP contribution in [0.5, 0.6) is 5.88 Å². The van der Waals surface area contributed by atoms with Gasteiger partial charge in [0.25, 0.3) is 5.91 Å². The fraction of sp³-hybridized carbons (Fsp3) is 0.300. The minimum atomic E-state index is -0.801. The Labute approximate surface area is 161 Å². The SMILES string of the molecule is COc1ccc(-c2ccc3c(c2)CC(NC(=O)CC2NC(=O)NC2=O)C3)cn1. The van der Waals surface area contributed by atoms with Gasteiger partial charge in [-0.3, -0.25) is 14.9 Å². The van der Waals surface area contributed by atoms with Gasteiger partial charge in [0.2, 0.25) is 11.8 Å². The molecule has 0 radical (unpaired) electrons. The number of rotatable bonds is 5. The van der Waals surface area contributed by atoms with Crippen molar-refractivity contribution >= 4 is 17.8 Å². The van der Waals surface area contributed by atoms with Gasteiger partial charge in [-0.15, -0.1) is 0 Å². The molecule has 1 fully saturated rings. The van der Waals surface area contributed by atoms with Crippen LogP contribution in [0.4, 0.5) is 4.79 Å². The molecule has 1 aromatic heterocycles. The van der Waals surface area contributed by atoms with Gasteiger partial charge in [0.05, 0.1) is 13.5 Å². The average Bonchev–Trinajstić information content (AvgIpc) is 3.22. The number of carbonyl (C=O) groups is 3. The smallest absolute Gasteiger partial charge is 0.322 e. The number of pyridine rings is 1. The predicted molar refractivity (Wildman–Crippen MR) is 101 cm³/mol. The summed E-state index contributed by atoms with van der Waals surface area (Å²) in [6, 6.07) is 8.65.